The van der Waals surface area contributed by atoms with Gasteiger partial charge in [-0.2, -0.15) is 5.10 Å². The van der Waals surface area contributed by atoms with Gasteiger partial charge in [-0.3, -0.25) is 4.79 Å². The minimum absolute atomic E-state index is 0.110. The third-order valence-electron chi connectivity index (χ3n) is 9.49. The Morgan fingerprint density at radius 2 is 1.85 bits per heavy atom. The molecule has 1 atom stereocenters. The molecule has 9 heteroatoms. The number of rotatable bonds is 10. The number of anilines is 1. The van der Waals surface area contributed by atoms with Gasteiger partial charge in [0.05, 0.1) is 37.3 Å². The van der Waals surface area contributed by atoms with Crippen LogP contribution in [0.1, 0.15) is 78.3 Å². The van der Waals surface area contributed by atoms with Crippen LogP contribution in [0.5, 0.6) is 5.88 Å². The minimum atomic E-state index is -0.461. The van der Waals surface area contributed by atoms with Gasteiger partial charge in [0.2, 0.25) is 11.8 Å². The van der Waals surface area contributed by atoms with E-state index in [1.807, 2.05) is 17.0 Å². The number of carbonyl (C=O) groups is 2. The van der Waals surface area contributed by atoms with Gasteiger partial charge in [-0.05, 0) is 103 Å². The normalized spacial score (nSPS) is 17.2. The zero-order chi connectivity index (χ0) is 32.5. The molecule has 0 saturated heterocycles. The van der Waals surface area contributed by atoms with Crippen molar-refractivity contribution in [3.8, 4) is 22.7 Å². The van der Waals surface area contributed by atoms with Gasteiger partial charge < -0.3 is 19.7 Å². The molecule has 1 unspecified atom stereocenters. The Morgan fingerprint density at radius 1 is 1.00 bits per heavy atom. The second-order valence-electron chi connectivity index (χ2n) is 12.4. The van der Waals surface area contributed by atoms with Gasteiger partial charge in [0.1, 0.15) is 11.4 Å². The first-order valence-electron chi connectivity index (χ1n) is 16.7. The second-order valence-corrected chi connectivity index (χ2v) is 12.4. The van der Waals surface area contributed by atoms with Crippen molar-refractivity contribution in [1.82, 2.24) is 19.7 Å². The second kappa shape index (κ2) is 13.1. The van der Waals surface area contributed by atoms with E-state index < -0.39 is 5.97 Å². The Bertz CT molecular complexity index is 1860. The molecule has 1 N–H and O–H groups in total. The molecule has 47 heavy (non-hydrogen) atoms. The Hall–Kier alpha value is -4.92. The number of esters is 1. The third-order valence-corrected chi connectivity index (χ3v) is 9.49. The molecule has 1 fully saturated rings. The van der Waals surface area contributed by atoms with Gasteiger partial charge in [-0.15, -0.1) is 0 Å². The Labute approximate surface area is 275 Å². The summed E-state index contributed by atoms with van der Waals surface area (Å²) in [6.07, 6.45) is 9.46. The molecule has 0 spiro atoms. The number of nitrogens with zero attached hydrogens (tertiary/aromatic N) is 4. The van der Waals surface area contributed by atoms with Crippen molar-refractivity contribution in [2.24, 2.45) is 5.92 Å². The summed E-state index contributed by atoms with van der Waals surface area (Å²) in [4.78, 5) is 32.1. The molecule has 2 aromatic carbocycles. The number of nitrogens with one attached hydrogen (secondary N) is 1. The fraction of sp³-hybridized carbons (Fsp3) is 0.368. The van der Waals surface area contributed by atoms with Gasteiger partial charge in [0, 0.05) is 19.0 Å². The average Bonchev–Trinajstić information content (AvgIpc) is 3.74. The quantitative estimate of drug-likeness (QED) is 0.192. The Kier molecular flexibility index (Phi) is 8.54. The molecular formula is C38H41N5O4. The van der Waals surface area contributed by atoms with Gasteiger partial charge in [0.25, 0.3) is 0 Å². The number of hydrogen-bond acceptors (Lipinski definition) is 7. The summed E-state index contributed by atoms with van der Waals surface area (Å²) in [6.45, 7) is 5.68. The molecular weight excluding hydrogens is 590 g/mol. The lowest BCUT2D eigenvalue weighted by atomic mass is 9.94. The van der Waals surface area contributed by atoms with E-state index in [1.165, 1.54) is 35.6 Å². The van der Waals surface area contributed by atoms with Gasteiger partial charge in [0.15, 0.2) is 0 Å². The van der Waals surface area contributed by atoms with Gasteiger partial charge in [-0.1, -0.05) is 43.3 Å². The highest BCUT2D eigenvalue weighted by Gasteiger charge is 2.34. The number of aromatic nitrogens is 3. The number of benzene rings is 2. The molecule has 242 valence electrons. The van der Waals surface area contributed by atoms with Crippen molar-refractivity contribution in [3.63, 3.8) is 0 Å². The lowest BCUT2D eigenvalue weighted by Gasteiger charge is -2.27. The maximum Gasteiger partial charge on any atom is 0.345 e. The maximum atomic E-state index is 12.5. The number of aryl methyl sites for hydroxylation is 2. The van der Waals surface area contributed by atoms with Crippen molar-refractivity contribution < 1.29 is 19.1 Å². The van der Waals surface area contributed by atoms with E-state index in [-0.39, 0.29) is 18.6 Å². The summed E-state index contributed by atoms with van der Waals surface area (Å²) in [5, 5.41) is 8.24. The van der Waals surface area contributed by atoms with Crippen molar-refractivity contribution in [1.29, 1.82) is 0 Å². The molecule has 0 bridgehead atoms. The predicted molar refractivity (Wildman–Crippen MR) is 182 cm³/mol. The highest BCUT2D eigenvalue weighted by atomic mass is 16.5. The van der Waals surface area contributed by atoms with Crippen LogP contribution in [0.3, 0.4) is 0 Å². The fourth-order valence-electron chi connectivity index (χ4n) is 6.98. The summed E-state index contributed by atoms with van der Waals surface area (Å²) < 4.78 is 12.4. The molecule has 3 heterocycles. The molecule has 1 amide bonds. The SMILES string of the molecule is CCOC(=O)c1cnn(-c2cccc(-c3cccc4c3C(Nc3ccc(C5=CCN(C(=O)C6CC6)CC5)c(CC)n3)CC4)c2)c1OC. The molecule has 2 aromatic heterocycles. The van der Waals surface area contributed by atoms with Crippen molar-refractivity contribution in [2.45, 2.75) is 58.4 Å². The topological polar surface area (TPSA) is 98.6 Å². The first-order valence-corrected chi connectivity index (χ1v) is 16.7. The molecule has 1 aliphatic heterocycles. The number of methoxy groups -OCH3 is 1. The number of carbonyl (C=O) groups excluding carboxylic acids is 2. The van der Waals surface area contributed by atoms with Crippen LogP contribution in [-0.4, -0.2) is 58.3 Å². The lowest BCUT2D eigenvalue weighted by molar-refractivity contribution is -0.132. The summed E-state index contributed by atoms with van der Waals surface area (Å²) >= 11 is 0. The van der Waals surface area contributed by atoms with E-state index in [0.717, 1.165) is 73.4 Å². The molecule has 1 saturated carbocycles. The molecule has 4 aromatic rings. The summed E-state index contributed by atoms with van der Waals surface area (Å²) in [5.74, 6) is 1.34. The van der Waals surface area contributed by atoms with E-state index in [2.05, 4.69) is 65.9 Å². The zero-order valence-electron chi connectivity index (χ0n) is 27.3. The van der Waals surface area contributed by atoms with Crippen molar-refractivity contribution in [2.75, 3.05) is 32.1 Å². The average molecular weight is 632 g/mol. The van der Waals surface area contributed by atoms with E-state index in [4.69, 9.17) is 14.5 Å². The van der Waals surface area contributed by atoms with Gasteiger partial charge in [-0.25, -0.2) is 14.5 Å². The third kappa shape index (κ3) is 6.02. The molecule has 2 aliphatic carbocycles. The summed E-state index contributed by atoms with van der Waals surface area (Å²) in [7, 11) is 1.53. The number of ether oxygens (including phenoxy) is 2. The Morgan fingerprint density at radius 3 is 2.60 bits per heavy atom. The Balaban J connectivity index is 1.14. The first kappa shape index (κ1) is 30.7. The van der Waals surface area contributed by atoms with Crippen molar-refractivity contribution >= 4 is 23.3 Å². The predicted octanol–water partition coefficient (Wildman–Crippen LogP) is 6.81. The zero-order valence-corrected chi connectivity index (χ0v) is 27.3. The summed E-state index contributed by atoms with van der Waals surface area (Å²) in [6, 6.07) is 19.1. The summed E-state index contributed by atoms with van der Waals surface area (Å²) in [5.41, 5.74) is 9.47. The number of amides is 1. The standard InChI is InChI=1S/C38H41N5O4/c1-4-32-29(24-18-20-42(21-19-24)36(44)26-12-13-26)15-17-34(40-32)41-33-16-14-25-8-7-11-30(35(25)33)27-9-6-10-28(22-27)43-37(46-3)31(23-39-43)38(45)47-5-2/h6-11,15,17-18,22-23,26,33H,4-5,12-14,16,19-21H2,1-3H3,(H,40,41). The van der Waals surface area contributed by atoms with Crippen LogP contribution in [0.25, 0.3) is 22.4 Å². The largest absolute Gasteiger partial charge is 0.480 e. The van der Waals surface area contributed by atoms with Crippen LogP contribution in [0.4, 0.5) is 5.82 Å². The van der Waals surface area contributed by atoms with Crippen LogP contribution in [-0.2, 0) is 22.4 Å². The molecule has 9 nitrogen and oxygen atoms in total. The maximum absolute atomic E-state index is 12.5. The van der Waals surface area contributed by atoms with Crippen LogP contribution in [0.2, 0.25) is 0 Å². The molecule has 3 aliphatic rings. The van der Waals surface area contributed by atoms with E-state index in [1.54, 1.807) is 11.6 Å². The number of pyridine rings is 1. The number of hydrogen-bond donors (Lipinski definition) is 1. The van der Waals surface area contributed by atoms with Gasteiger partial charge >= 0.3 is 5.97 Å². The molecule has 0 radical (unpaired) electrons. The minimum Gasteiger partial charge on any atom is -0.480 e. The highest BCUT2D eigenvalue weighted by Crippen LogP contribution is 2.41. The van der Waals surface area contributed by atoms with E-state index in [0.29, 0.717) is 23.9 Å². The van der Waals surface area contributed by atoms with Crippen molar-refractivity contribution in [3.05, 3.63) is 94.8 Å². The highest BCUT2D eigenvalue weighted by molar-refractivity contribution is 5.92. The first-order chi connectivity index (χ1) is 23.0. The lowest BCUT2D eigenvalue weighted by Crippen LogP contribution is -2.35. The van der Waals surface area contributed by atoms with E-state index >= 15 is 0 Å². The fourth-order valence-corrected chi connectivity index (χ4v) is 6.98. The van der Waals surface area contributed by atoms with Crippen LogP contribution in [0, 0.1) is 5.92 Å². The van der Waals surface area contributed by atoms with Crippen LogP contribution in [0.15, 0.2) is 66.9 Å². The monoisotopic (exact) mass is 631 g/mol. The molecule has 7 rings (SSSR count). The van der Waals surface area contributed by atoms with E-state index in [9.17, 15) is 9.59 Å². The van der Waals surface area contributed by atoms with Crippen LogP contribution >= 0.6 is 0 Å². The van der Waals surface area contributed by atoms with Crippen LogP contribution < -0.4 is 10.1 Å². The number of fused-ring (bicyclic) bond motifs is 1. The smallest absolute Gasteiger partial charge is 0.345 e.